The first-order valence-corrected chi connectivity index (χ1v) is 8.52. The number of hydrogen-bond donors (Lipinski definition) is 2. The second-order valence-electron chi connectivity index (χ2n) is 5.72. The molecule has 2 aromatic carbocycles. The summed E-state index contributed by atoms with van der Waals surface area (Å²) in [5, 5.41) is 6.63. The monoisotopic (exact) mass is 382 g/mol. The predicted octanol–water partition coefficient (Wildman–Crippen LogP) is 5.65. The van der Waals surface area contributed by atoms with Crippen LogP contribution in [0.3, 0.4) is 0 Å². The molecule has 0 spiro atoms. The number of benzene rings is 2. The molecular formula is C19H19BrN4. The number of aromatic nitrogens is 2. The maximum atomic E-state index is 4.57. The van der Waals surface area contributed by atoms with Crippen molar-refractivity contribution in [2.24, 2.45) is 0 Å². The van der Waals surface area contributed by atoms with Crippen LogP contribution in [0.25, 0.3) is 0 Å². The minimum Gasteiger partial charge on any atom is -0.340 e. The second-order valence-corrected chi connectivity index (χ2v) is 6.64. The van der Waals surface area contributed by atoms with E-state index >= 15 is 0 Å². The van der Waals surface area contributed by atoms with Gasteiger partial charge in [-0.1, -0.05) is 28.1 Å². The molecule has 0 saturated carbocycles. The Balaban J connectivity index is 1.86. The Labute approximate surface area is 150 Å². The molecule has 4 nitrogen and oxygen atoms in total. The van der Waals surface area contributed by atoms with Crippen molar-refractivity contribution < 1.29 is 0 Å². The minimum absolute atomic E-state index is 0.574. The van der Waals surface area contributed by atoms with Gasteiger partial charge in [-0.3, -0.25) is 0 Å². The highest BCUT2D eigenvalue weighted by Gasteiger charge is 2.06. The highest BCUT2D eigenvalue weighted by atomic mass is 79.9. The molecule has 0 aliphatic carbocycles. The number of hydrogen-bond acceptors (Lipinski definition) is 4. The fourth-order valence-corrected chi connectivity index (χ4v) is 2.64. The number of nitrogens with one attached hydrogen (secondary N) is 2. The lowest BCUT2D eigenvalue weighted by atomic mass is 10.1. The summed E-state index contributed by atoms with van der Waals surface area (Å²) >= 11 is 3.43. The summed E-state index contributed by atoms with van der Waals surface area (Å²) in [7, 11) is 0. The van der Waals surface area contributed by atoms with E-state index in [1.807, 2.05) is 43.3 Å². The Morgan fingerprint density at radius 3 is 2.38 bits per heavy atom. The lowest BCUT2D eigenvalue weighted by molar-refractivity contribution is 1.11. The number of halogens is 1. The van der Waals surface area contributed by atoms with E-state index in [1.165, 1.54) is 11.1 Å². The van der Waals surface area contributed by atoms with Gasteiger partial charge in [-0.15, -0.1) is 0 Å². The topological polar surface area (TPSA) is 49.8 Å². The van der Waals surface area contributed by atoms with Crippen molar-refractivity contribution in [3.05, 3.63) is 69.8 Å². The summed E-state index contributed by atoms with van der Waals surface area (Å²) in [5.41, 5.74) is 5.37. The van der Waals surface area contributed by atoms with E-state index in [9.17, 15) is 0 Å². The average Bonchev–Trinajstić information content (AvgIpc) is 2.54. The predicted molar refractivity (Wildman–Crippen MR) is 103 cm³/mol. The van der Waals surface area contributed by atoms with Crippen LogP contribution < -0.4 is 10.6 Å². The van der Waals surface area contributed by atoms with Gasteiger partial charge in [0.05, 0.1) is 0 Å². The lowest BCUT2D eigenvalue weighted by Gasteiger charge is -2.13. The Kier molecular flexibility index (Phi) is 4.81. The first-order valence-electron chi connectivity index (χ1n) is 7.73. The molecule has 0 unspecified atom stereocenters. The molecule has 0 aliphatic heterocycles. The van der Waals surface area contributed by atoms with Crippen molar-refractivity contribution >= 4 is 39.1 Å². The van der Waals surface area contributed by atoms with E-state index in [2.05, 4.69) is 62.5 Å². The molecule has 122 valence electrons. The van der Waals surface area contributed by atoms with Gasteiger partial charge in [0.15, 0.2) is 0 Å². The molecule has 2 N–H and O–H groups in total. The standard InChI is InChI=1S/C19H19BrN4/c1-12-5-4-6-17(14(12)3)23-18-11-13(2)21-19(24-18)22-16-9-7-15(20)8-10-16/h4-11H,1-3H3,(H2,21,22,23,24). The van der Waals surface area contributed by atoms with Crippen molar-refractivity contribution in [1.82, 2.24) is 9.97 Å². The molecule has 1 heterocycles. The van der Waals surface area contributed by atoms with Crippen molar-refractivity contribution in [1.29, 1.82) is 0 Å². The van der Waals surface area contributed by atoms with Crippen LogP contribution in [-0.4, -0.2) is 9.97 Å². The van der Waals surface area contributed by atoms with Gasteiger partial charge in [0, 0.05) is 27.6 Å². The van der Waals surface area contributed by atoms with E-state index in [4.69, 9.17) is 0 Å². The van der Waals surface area contributed by atoms with E-state index in [0.29, 0.717) is 5.95 Å². The summed E-state index contributed by atoms with van der Waals surface area (Å²) in [4.78, 5) is 9.03. The first-order chi connectivity index (χ1) is 11.5. The maximum Gasteiger partial charge on any atom is 0.229 e. The normalized spacial score (nSPS) is 10.5. The smallest absolute Gasteiger partial charge is 0.229 e. The number of nitrogens with zero attached hydrogens (tertiary/aromatic N) is 2. The largest absolute Gasteiger partial charge is 0.340 e. The molecule has 0 radical (unpaired) electrons. The molecule has 0 atom stereocenters. The van der Waals surface area contributed by atoms with E-state index in [-0.39, 0.29) is 0 Å². The first kappa shape index (κ1) is 16.5. The Hall–Kier alpha value is -2.40. The van der Waals surface area contributed by atoms with Gasteiger partial charge < -0.3 is 10.6 Å². The SMILES string of the molecule is Cc1cc(Nc2cccc(C)c2C)nc(Nc2ccc(Br)cc2)n1. The van der Waals surface area contributed by atoms with Gasteiger partial charge in [-0.2, -0.15) is 4.98 Å². The van der Waals surface area contributed by atoms with Gasteiger partial charge in [0.2, 0.25) is 5.95 Å². The Morgan fingerprint density at radius 1 is 0.875 bits per heavy atom. The van der Waals surface area contributed by atoms with Crippen molar-refractivity contribution in [3.63, 3.8) is 0 Å². The molecule has 0 bridgehead atoms. The summed E-state index contributed by atoms with van der Waals surface area (Å²) in [6.45, 7) is 6.17. The van der Waals surface area contributed by atoms with Gasteiger partial charge in [0.1, 0.15) is 5.82 Å². The lowest BCUT2D eigenvalue weighted by Crippen LogP contribution is -2.03. The molecule has 3 aromatic rings. The molecule has 0 aliphatic rings. The van der Waals surface area contributed by atoms with Crippen LogP contribution >= 0.6 is 15.9 Å². The molecular weight excluding hydrogens is 364 g/mol. The molecule has 3 rings (SSSR count). The summed E-state index contributed by atoms with van der Waals surface area (Å²) in [5.74, 6) is 1.35. The van der Waals surface area contributed by atoms with E-state index in [0.717, 1.165) is 27.4 Å². The van der Waals surface area contributed by atoms with E-state index in [1.54, 1.807) is 0 Å². The number of aryl methyl sites for hydroxylation is 2. The second kappa shape index (κ2) is 7.01. The van der Waals surface area contributed by atoms with Gasteiger partial charge in [0.25, 0.3) is 0 Å². The minimum atomic E-state index is 0.574. The molecule has 0 amide bonds. The van der Waals surface area contributed by atoms with Crippen molar-refractivity contribution in [3.8, 4) is 0 Å². The zero-order chi connectivity index (χ0) is 17.1. The third-order valence-corrected chi connectivity index (χ3v) is 4.35. The molecule has 24 heavy (non-hydrogen) atoms. The van der Waals surface area contributed by atoms with Crippen molar-refractivity contribution in [2.75, 3.05) is 10.6 Å². The van der Waals surface area contributed by atoms with Crippen LogP contribution in [0.4, 0.5) is 23.1 Å². The molecule has 0 saturated heterocycles. The fraction of sp³-hybridized carbons (Fsp3) is 0.158. The van der Waals surface area contributed by atoms with E-state index < -0.39 is 0 Å². The third-order valence-electron chi connectivity index (χ3n) is 3.82. The number of rotatable bonds is 4. The zero-order valence-electron chi connectivity index (χ0n) is 13.9. The highest BCUT2D eigenvalue weighted by molar-refractivity contribution is 9.10. The number of anilines is 4. The summed E-state index contributed by atoms with van der Waals surface area (Å²) < 4.78 is 1.04. The highest BCUT2D eigenvalue weighted by Crippen LogP contribution is 2.24. The summed E-state index contributed by atoms with van der Waals surface area (Å²) in [6, 6.07) is 16.1. The van der Waals surface area contributed by atoms with Crippen LogP contribution in [0, 0.1) is 20.8 Å². The Bertz CT molecular complexity index is 860. The molecule has 0 fully saturated rings. The Morgan fingerprint density at radius 2 is 1.62 bits per heavy atom. The summed E-state index contributed by atoms with van der Waals surface area (Å²) in [6.07, 6.45) is 0. The van der Waals surface area contributed by atoms with Crippen LogP contribution in [0.1, 0.15) is 16.8 Å². The molecule has 5 heteroatoms. The van der Waals surface area contributed by atoms with Crippen molar-refractivity contribution in [2.45, 2.75) is 20.8 Å². The fourth-order valence-electron chi connectivity index (χ4n) is 2.38. The van der Waals surface area contributed by atoms with Crippen LogP contribution in [-0.2, 0) is 0 Å². The average molecular weight is 383 g/mol. The third kappa shape index (κ3) is 3.92. The van der Waals surface area contributed by atoms with Gasteiger partial charge in [-0.05, 0) is 62.2 Å². The molecule has 1 aromatic heterocycles. The quantitative estimate of drug-likeness (QED) is 0.611. The van der Waals surface area contributed by atoms with Crippen LogP contribution in [0.5, 0.6) is 0 Å². The van der Waals surface area contributed by atoms with Gasteiger partial charge in [-0.25, -0.2) is 4.98 Å². The van der Waals surface area contributed by atoms with Gasteiger partial charge >= 0.3 is 0 Å². The van der Waals surface area contributed by atoms with Crippen LogP contribution in [0.2, 0.25) is 0 Å². The maximum absolute atomic E-state index is 4.57. The zero-order valence-corrected chi connectivity index (χ0v) is 15.5. The van der Waals surface area contributed by atoms with Crippen LogP contribution in [0.15, 0.2) is 53.0 Å².